The van der Waals surface area contributed by atoms with Gasteiger partial charge in [0.05, 0.1) is 7.11 Å². The number of anilines is 1. The smallest absolute Gasteiger partial charge is 0.124 e. The van der Waals surface area contributed by atoms with Gasteiger partial charge >= 0.3 is 0 Å². The van der Waals surface area contributed by atoms with Crippen LogP contribution in [-0.4, -0.2) is 25.2 Å². The van der Waals surface area contributed by atoms with Crippen molar-refractivity contribution < 1.29 is 4.74 Å². The van der Waals surface area contributed by atoms with Gasteiger partial charge in [-0.15, -0.1) is 0 Å². The quantitative estimate of drug-likeness (QED) is 0.877. The molecule has 0 aliphatic carbocycles. The Bertz CT molecular complexity index is 431. The van der Waals surface area contributed by atoms with E-state index in [-0.39, 0.29) is 5.54 Å². The van der Waals surface area contributed by atoms with E-state index in [9.17, 15) is 0 Å². The van der Waals surface area contributed by atoms with Crippen molar-refractivity contribution in [3.63, 3.8) is 0 Å². The van der Waals surface area contributed by atoms with Crippen LogP contribution >= 0.6 is 0 Å². The number of methoxy groups -OCH3 is 1. The van der Waals surface area contributed by atoms with Crippen molar-refractivity contribution in [1.82, 2.24) is 5.32 Å². The fourth-order valence-electron chi connectivity index (χ4n) is 3.09. The lowest BCUT2D eigenvalue weighted by atomic mass is 9.89. The van der Waals surface area contributed by atoms with E-state index in [0.29, 0.717) is 6.04 Å². The van der Waals surface area contributed by atoms with Crippen LogP contribution in [0.1, 0.15) is 37.8 Å². The molecule has 19 heavy (non-hydrogen) atoms. The Labute approximate surface area is 116 Å². The SMILES string of the molecule is COc1c(C)cc(NC2CCNC(C)(C)C2)cc1C. The lowest BCUT2D eigenvalue weighted by Crippen LogP contribution is -2.50. The van der Waals surface area contributed by atoms with Gasteiger partial charge in [-0.1, -0.05) is 0 Å². The molecule has 3 nitrogen and oxygen atoms in total. The molecule has 1 unspecified atom stereocenters. The second-order valence-electron chi connectivity index (χ2n) is 6.29. The molecule has 0 saturated carbocycles. The van der Waals surface area contributed by atoms with E-state index in [2.05, 4.69) is 50.5 Å². The highest BCUT2D eigenvalue weighted by atomic mass is 16.5. The maximum atomic E-state index is 5.42. The average Bonchev–Trinajstić information content (AvgIpc) is 2.27. The first-order chi connectivity index (χ1) is 8.91. The molecular weight excluding hydrogens is 236 g/mol. The lowest BCUT2D eigenvalue weighted by molar-refractivity contribution is 0.286. The van der Waals surface area contributed by atoms with E-state index < -0.39 is 0 Å². The highest BCUT2D eigenvalue weighted by Crippen LogP contribution is 2.29. The van der Waals surface area contributed by atoms with Crippen molar-refractivity contribution in [2.45, 2.75) is 52.1 Å². The van der Waals surface area contributed by atoms with Gasteiger partial charge in [-0.3, -0.25) is 0 Å². The summed E-state index contributed by atoms with van der Waals surface area (Å²) in [7, 11) is 1.73. The second kappa shape index (κ2) is 5.41. The Balaban J connectivity index is 2.11. The molecule has 1 aromatic carbocycles. The van der Waals surface area contributed by atoms with Crippen LogP contribution in [0.2, 0.25) is 0 Å². The summed E-state index contributed by atoms with van der Waals surface area (Å²) < 4.78 is 5.42. The number of hydrogen-bond acceptors (Lipinski definition) is 3. The molecular formula is C16H26N2O. The number of benzene rings is 1. The molecule has 1 saturated heterocycles. The predicted octanol–water partition coefficient (Wildman–Crippen LogP) is 3.25. The van der Waals surface area contributed by atoms with Gasteiger partial charge < -0.3 is 15.4 Å². The van der Waals surface area contributed by atoms with Crippen molar-refractivity contribution >= 4 is 5.69 Å². The van der Waals surface area contributed by atoms with Crippen LogP contribution < -0.4 is 15.4 Å². The summed E-state index contributed by atoms with van der Waals surface area (Å²) in [5.74, 6) is 0.996. The Morgan fingerprint density at radius 3 is 2.42 bits per heavy atom. The van der Waals surface area contributed by atoms with Crippen molar-refractivity contribution in [3.05, 3.63) is 23.3 Å². The highest BCUT2D eigenvalue weighted by molar-refractivity contribution is 5.55. The van der Waals surface area contributed by atoms with Gasteiger partial charge in [0.1, 0.15) is 5.75 Å². The number of nitrogens with one attached hydrogen (secondary N) is 2. The van der Waals surface area contributed by atoms with Gasteiger partial charge in [0.15, 0.2) is 0 Å². The lowest BCUT2D eigenvalue weighted by Gasteiger charge is -2.37. The summed E-state index contributed by atoms with van der Waals surface area (Å²) in [4.78, 5) is 0. The zero-order valence-electron chi connectivity index (χ0n) is 12.8. The molecule has 0 aromatic heterocycles. The largest absolute Gasteiger partial charge is 0.496 e. The van der Waals surface area contributed by atoms with Crippen LogP contribution in [0.4, 0.5) is 5.69 Å². The Morgan fingerprint density at radius 1 is 1.26 bits per heavy atom. The average molecular weight is 262 g/mol. The van der Waals surface area contributed by atoms with Gasteiger partial charge in [0, 0.05) is 17.3 Å². The Hall–Kier alpha value is -1.22. The van der Waals surface area contributed by atoms with Crippen LogP contribution in [0.5, 0.6) is 5.75 Å². The maximum absolute atomic E-state index is 5.42. The number of aryl methyl sites for hydroxylation is 2. The molecule has 0 spiro atoms. The molecule has 1 aliphatic rings. The van der Waals surface area contributed by atoms with Crippen LogP contribution in [0.15, 0.2) is 12.1 Å². The molecule has 2 N–H and O–H groups in total. The fraction of sp³-hybridized carbons (Fsp3) is 0.625. The third-order valence-electron chi connectivity index (χ3n) is 3.89. The van der Waals surface area contributed by atoms with E-state index in [1.54, 1.807) is 7.11 Å². The van der Waals surface area contributed by atoms with Crippen LogP contribution in [-0.2, 0) is 0 Å². The molecule has 1 atom stereocenters. The molecule has 2 rings (SSSR count). The highest BCUT2D eigenvalue weighted by Gasteiger charge is 2.27. The van der Waals surface area contributed by atoms with Gasteiger partial charge in [-0.2, -0.15) is 0 Å². The molecule has 0 amide bonds. The van der Waals surface area contributed by atoms with E-state index in [1.165, 1.54) is 23.2 Å². The molecule has 1 aliphatic heterocycles. The van der Waals surface area contributed by atoms with Gasteiger partial charge in [0.25, 0.3) is 0 Å². The zero-order chi connectivity index (χ0) is 14.0. The van der Waals surface area contributed by atoms with Gasteiger partial charge in [-0.05, 0) is 70.3 Å². The topological polar surface area (TPSA) is 33.3 Å². The standard InChI is InChI=1S/C16H26N2O/c1-11-8-14(9-12(2)15(11)19-5)18-13-6-7-17-16(3,4)10-13/h8-9,13,17-18H,6-7,10H2,1-5H3. The number of hydrogen-bond donors (Lipinski definition) is 2. The molecule has 0 bridgehead atoms. The minimum atomic E-state index is 0.229. The summed E-state index contributed by atoms with van der Waals surface area (Å²) in [6.07, 6.45) is 2.32. The van der Waals surface area contributed by atoms with Crippen LogP contribution in [0.3, 0.4) is 0 Å². The summed E-state index contributed by atoms with van der Waals surface area (Å²) in [5, 5.41) is 7.23. The molecule has 3 heteroatoms. The van der Waals surface area contributed by atoms with Crippen molar-refractivity contribution in [3.8, 4) is 5.75 Å². The monoisotopic (exact) mass is 262 g/mol. The van der Waals surface area contributed by atoms with E-state index in [4.69, 9.17) is 4.74 Å². The Morgan fingerprint density at radius 2 is 1.89 bits per heavy atom. The predicted molar refractivity (Wildman–Crippen MR) is 81.2 cm³/mol. The number of rotatable bonds is 3. The van der Waals surface area contributed by atoms with E-state index in [1.807, 2.05) is 0 Å². The van der Waals surface area contributed by atoms with Crippen molar-refractivity contribution in [2.75, 3.05) is 19.0 Å². The molecule has 1 aromatic rings. The van der Waals surface area contributed by atoms with Gasteiger partial charge in [-0.25, -0.2) is 0 Å². The molecule has 106 valence electrons. The molecule has 1 fully saturated rings. The third kappa shape index (κ3) is 3.41. The summed E-state index contributed by atoms with van der Waals surface area (Å²) in [6.45, 7) is 9.82. The first-order valence-electron chi connectivity index (χ1n) is 7.08. The summed E-state index contributed by atoms with van der Waals surface area (Å²) >= 11 is 0. The first kappa shape index (κ1) is 14.2. The maximum Gasteiger partial charge on any atom is 0.124 e. The number of piperidine rings is 1. The van der Waals surface area contributed by atoms with E-state index in [0.717, 1.165) is 18.7 Å². The Kier molecular flexibility index (Phi) is 4.04. The minimum Gasteiger partial charge on any atom is -0.496 e. The molecule has 1 heterocycles. The van der Waals surface area contributed by atoms with E-state index >= 15 is 0 Å². The number of ether oxygens (including phenoxy) is 1. The van der Waals surface area contributed by atoms with Crippen molar-refractivity contribution in [1.29, 1.82) is 0 Å². The molecule has 0 radical (unpaired) electrons. The van der Waals surface area contributed by atoms with Gasteiger partial charge in [0.2, 0.25) is 0 Å². The normalized spacial score (nSPS) is 22.1. The minimum absolute atomic E-state index is 0.229. The second-order valence-corrected chi connectivity index (χ2v) is 6.29. The third-order valence-corrected chi connectivity index (χ3v) is 3.89. The first-order valence-corrected chi connectivity index (χ1v) is 7.08. The van der Waals surface area contributed by atoms with Crippen LogP contribution in [0, 0.1) is 13.8 Å². The summed E-state index contributed by atoms with van der Waals surface area (Å²) in [6, 6.07) is 4.91. The fourth-order valence-corrected chi connectivity index (χ4v) is 3.09. The summed E-state index contributed by atoms with van der Waals surface area (Å²) in [5.41, 5.74) is 3.82. The van der Waals surface area contributed by atoms with Crippen LogP contribution in [0.25, 0.3) is 0 Å². The van der Waals surface area contributed by atoms with Crippen molar-refractivity contribution in [2.24, 2.45) is 0 Å². The zero-order valence-corrected chi connectivity index (χ0v) is 12.8.